The number of allylic oxidation sites excluding steroid dienone is 2. The molecule has 1 aliphatic carbocycles. The molecule has 0 spiro atoms. The molecule has 1 heterocycles. The average Bonchev–Trinajstić information content (AvgIpc) is 2.88. The van der Waals surface area contributed by atoms with Gasteiger partial charge in [0.1, 0.15) is 5.82 Å². The molecule has 2 rings (SSSR count). The zero-order chi connectivity index (χ0) is 19.5. The van der Waals surface area contributed by atoms with E-state index in [2.05, 4.69) is 67.7 Å². The molecule has 2 atom stereocenters. The second-order valence-corrected chi connectivity index (χ2v) is 9.34. The quantitative estimate of drug-likeness (QED) is 0.402. The minimum absolute atomic E-state index is 0.0754. The van der Waals surface area contributed by atoms with Gasteiger partial charge in [0.2, 0.25) is 5.91 Å². The van der Waals surface area contributed by atoms with Crippen LogP contribution in [0.4, 0.5) is 0 Å². The third-order valence-electron chi connectivity index (χ3n) is 5.11. The highest BCUT2D eigenvalue weighted by molar-refractivity contribution is 7.98. The van der Waals surface area contributed by atoms with Crippen LogP contribution in [0.2, 0.25) is 0 Å². The van der Waals surface area contributed by atoms with E-state index in [-0.39, 0.29) is 17.2 Å². The summed E-state index contributed by atoms with van der Waals surface area (Å²) in [6.07, 6.45) is 6.00. The third-order valence-corrected chi connectivity index (χ3v) is 5.77. The van der Waals surface area contributed by atoms with Gasteiger partial charge in [-0.15, -0.1) is 10.2 Å². The lowest BCUT2D eigenvalue weighted by atomic mass is 10.1. The van der Waals surface area contributed by atoms with Crippen molar-refractivity contribution >= 4 is 17.7 Å². The number of hydrogen-bond acceptors (Lipinski definition) is 4. The molecular formula is C20H34N4OS. The predicted molar refractivity (Wildman–Crippen MR) is 108 cm³/mol. The topological polar surface area (TPSA) is 59.8 Å². The number of amides is 1. The summed E-state index contributed by atoms with van der Waals surface area (Å²) in [7, 11) is 0. The van der Waals surface area contributed by atoms with Crippen molar-refractivity contribution in [3.63, 3.8) is 0 Å². The van der Waals surface area contributed by atoms with Gasteiger partial charge >= 0.3 is 0 Å². The fourth-order valence-electron chi connectivity index (χ4n) is 3.62. The Balaban J connectivity index is 1.83. The van der Waals surface area contributed by atoms with Crippen LogP contribution in [-0.2, 0) is 17.8 Å². The van der Waals surface area contributed by atoms with Gasteiger partial charge in [0.05, 0.1) is 5.92 Å². The number of rotatable bonds is 9. The van der Waals surface area contributed by atoms with Crippen LogP contribution in [0.15, 0.2) is 16.8 Å². The first-order chi connectivity index (χ1) is 12.2. The van der Waals surface area contributed by atoms with Crippen LogP contribution in [0.1, 0.15) is 53.8 Å². The third kappa shape index (κ3) is 4.90. The van der Waals surface area contributed by atoms with Gasteiger partial charge in [-0.25, -0.2) is 0 Å². The summed E-state index contributed by atoms with van der Waals surface area (Å²) in [6.45, 7) is 14.6. The van der Waals surface area contributed by atoms with Gasteiger partial charge in [0.25, 0.3) is 0 Å². The van der Waals surface area contributed by atoms with Crippen molar-refractivity contribution < 1.29 is 4.79 Å². The number of aromatic nitrogens is 3. The van der Waals surface area contributed by atoms with Crippen LogP contribution in [0.5, 0.6) is 0 Å². The van der Waals surface area contributed by atoms with E-state index >= 15 is 0 Å². The van der Waals surface area contributed by atoms with E-state index < -0.39 is 0 Å². The summed E-state index contributed by atoms with van der Waals surface area (Å²) in [5, 5.41) is 12.7. The zero-order valence-corrected chi connectivity index (χ0v) is 18.1. The summed E-state index contributed by atoms with van der Waals surface area (Å²) in [4.78, 5) is 12.5. The van der Waals surface area contributed by atoms with E-state index in [1.165, 1.54) is 5.57 Å². The standard InChI is InChI=1S/C20H34N4OS/c1-13(2)11-15-17(20(15,5)6)18(25)21-10-8-9-16-22-23-19(26-7)24(16)12-14(3)4/h11,14-15,17H,8-10,12H2,1-7H3,(H,21,25). The Kier molecular flexibility index (Phi) is 6.94. The van der Waals surface area contributed by atoms with Gasteiger partial charge in [-0.05, 0) is 43.8 Å². The van der Waals surface area contributed by atoms with Gasteiger partial charge < -0.3 is 9.88 Å². The van der Waals surface area contributed by atoms with Gasteiger partial charge in [-0.1, -0.05) is 51.1 Å². The minimum atomic E-state index is 0.0754. The van der Waals surface area contributed by atoms with Crippen LogP contribution < -0.4 is 5.32 Å². The number of nitrogens with one attached hydrogen (secondary N) is 1. The minimum Gasteiger partial charge on any atom is -0.356 e. The van der Waals surface area contributed by atoms with Crippen molar-refractivity contribution in [1.29, 1.82) is 0 Å². The first kappa shape index (κ1) is 21.0. The van der Waals surface area contributed by atoms with Crippen molar-refractivity contribution in [3.05, 3.63) is 17.5 Å². The molecule has 26 heavy (non-hydrogen) atoms. The molecule has 1 aromatic heterocycles. The summed E-state index contributed by atoms with van der Waals surface area (Å²) in [5.74, 6) is 2.23. The van der Waals surface area contributed by atoms with E-state index in [1.54, 1.807) is 11.8 Å². The SMILES string of the molecule is CSc1nnc(CCCNC(=O)C2C(C=C(C)C)C2(C)C)n1CC(C)C. The second kappa shape index (κ2) is 8.59. The molecule has 5 nitrogen and oxygen atoms in total. The molecule has 1 amide bonds. The first-order valence-electron chi connectivity index (χ1n) is 9.57. The molecular weight excluding hydrogens is 344 g/mol. The fourth-order valence-corrected chi connectivity index (χ4v) is 4.14. The summed E-state index contributed by atoms with van der Waals surface area (Å²) < 4.78 is 2.21. The van der Waals surface area contributed by atoms with Crippen LogP contribution in [-0.4, -0.2) is 33.5 Å². The van der Waals surface area contributed by atoms with Gasteiger partial charge in [-0.2, -0.15) is 0 Å². The molecule has 2 unspecified atom stereocenters. The molecule has 1 aromatic rings. The zero-order valence-electron chi connectivity index (χ0n) is 17.3. The number of hydrogen-bond donors (Lipinski definition) is 1. The Hall–Kier alpha value is -1.30. The predicted octanol–water partition coefficient (Wildman–Crippen LogP) is 3.94. The molecule has 1 fully saturated rings. The molecule has 0 radical (unpaired) electrons. The van der Waals surface area contributed by atoms with Crippen LogP contribution in [0.3, 0.4) is 0 Å². The molecule has 6 heteroatoms. The molecule has 1 aliphatic rings. The van der Waals surface area contributed by atoms with Crippen molar-refractivity contribution in [2.24, 2.45) is 23.2 Å². The van der Waals surface area contributed by atoms with Crippen molar-refractivity contribution in [1.82, 2.24) is 20.1 Å². The highest BCUT2D eigenvalue weighted by atomic mass is 32.2. The van der Waals surface area contributed by atoms with Crippen molar-refractivity contribution in [3.8, 4) is 0 Å². The monoisotopic (exact) mass is 378 g/mol. The van der Waals surface area contributed by atoms with Crippen molar-refractivity contribution in [2.75, 3.05) is 12.8 Å². The highest BCUT2D eigenvalue weighted by Crippen LogP contribution is 2.59. The van der Waals surface area contributed by atoms with Gasteiger partial charge in [0.15, 0.2) is 5.16 Å². The first-order valence-corrected chi connectivity index (χ1v) is 10.8. The Labute approximate surface area is 162 Å². The largest absolute Gasteiger partial charge is 0.356 e. The van der Waals surface area contributed by atoms with E-state index in [1.807, 2.05) is 6.26 Å². The number of nitrogens with zero attached hydrogens (tertiary/aromatic N) is 3. The normalized spacial score (nSPS) is 20.9. The summed E-state index contributed by atoms with van der Waals surface area (Å²) in [5.41, 5.74) is 1.36. The molecule has 0 aromatic carbocycles. The lowest BCUT2D eigenvalue weighted by Gasteiger charge is -2.12. The summed E-state index contributed by atoms with van der Waals surface area (Å²) >= 11 is 1.63. The molecule has 146 valence electrons. The number of aryl methyl sites for hydroxylation is 1. The highest BCUT2D eigenvalue weighted by Gasteiger charge is 2.60. The smallest absolute Gasteiger partial charge is 0.224 e. The number of thioether (sulfide) groups is 1. The molecule has 0 aliphatic heterocycles. The van der Waals surface area contributed by atoms with E-state index in [4.69, 9.17) is 0 Å². The Morgan fingerprint density at radius 3 is 2.62 bits per heavy atom. The number of carbonyl (C=O) groups is 1. The van der Waals surface area contributed by atoms with Gasteiger partial charge in [0, 0.05) is 19.5 Å². The van der Waals surface area contributed by atoms with E-state index in [0.717, 1.165) is 30.4 Å². The Morgan fingerprint density at radius 2 is 2.04 bits per heavy atom. The maximum atomic E-state index is 12.5. The van der Waals surface area contributed by atoms with Crippen molar-refractivity contribution in [2.45, 2.75) is 66.1 Å². The fraction of sp³-hybridized carbons (Fsp3) is 0.750. The van der Waals surface area contributed by atoms with E-state index in [0.29, 0.717) is 18.4 Å². The Bertz CT molecular complexity index is 659. The second-order valence-electron chi connectivity index (χ2n) is 8.57. The maximum absolute atomic E-state index is 12.5. The number of carbonyl (C=O) groups excluding carboxylic acids is 1. The molecule has 0 bridgehead atoms. The average molecular weight is 379 g/mol. The van der Waals surface area contributed by atoms with Crippen LogP contribution in [0.25, 0.3) is 0 Å². The lowest BCUT2D eigenvalue weighted by Crippen LogP contribution is -2.28. The molecule has 1 saturated carbocycles. The Morgan fingerprint density at radius 1 is 1.35 bits per heavy atom. The van der Waals surface area contributed by atoms with E-state index in [9.17, 15) is 4.79 Å². The maximum Gasteiger partial charge on any atom is 0.224 e. The van der Waals surface area contributed by atoms with Gasteiger partial charge in [-0.3, -0.25) is 4.79 Å². The van der Waals surface area contributed by atoms with Crippen LogP contribution >= 0.6 is 11.8 Å². The summed E-state index contributed by atoms with van der Waals surface area (Å²) in [6, 6.07) is 0. The lowest BCUT2D eigenvalue weighted by molar-refractivity contribution is -0.123. The van der Waals surface area contributed by atoms with Crippen LogP contribution in [0, 0.1) is 23.2 Å². The molecule has 0 saturated heterocycles. The molecule has 1 N–H and O–H groups in total.